The fourth-order valence-corrected chi connectivity index (χ4v) is 2.00. The van der Waals surface area contributed by atoms with Crippen molar-refractivity contribution >= 4 is 27.4 Å². The average Bonchev–Trinajstić information content (AvgIpc) is 2.73. The smallest absolute Gasteiger partial charge is 0.270 e. The van der Waals surface area contributed by atoms with E-state index in [1.54, 1.807) is 10.7 Å². The highest BCUT2D eigenvalue weighted by molar-refractivity contribution is 9.10. The standard InChI is InChI=1S/C11H11BrN4O2/c1-15-5-4-11(14-15)13-7-8-2-3-9(16(17)18)6-10(8)12/h2-6H,7H2,1H3,(H,13,14). The number of nitrogens with one attached hydrogen (secondary N) is 1. The van der Waals surface area contributed by atoms with E-state index in [-0.39, 0.29) is 5.69 Å². The third-order valence-electron chi connectivity index (χ3n) is 2.42. The molecule has 6 nitrogen and oxygen atoms in total. The van der Waals surface area contributed by atoms with Crippen LogP contribution in [0.4, 0.5) is 11.5 Å². The van der Waals surface area contributed by atoms with E-state index in [1.165, 1.54) is 12.1 Å². The zero-order valence-corrected chi connectivity index (χ0v) is 11.2. The highest BCUT2D eigenvalue weighted by Gasteiger charge is 2.09. The first-order valence-corrected chi connectivity index (χ1v) is 6.02. The predicted octanol–water partition coefficient (Wildman–Crippen LogP) is 2.70. The van der Waals surface area contributed by atoms with Gasteiger partial charge in [0, 0.05) is 42.5 Å². The molecule has 0 fully saturated rings. The number of hydrogen-bond donors (Lipinski definition) is 1. The Hall–Kier alpha value is -1.89. The lowest BCUT2D eigenvalue weighted by Crippen LogP contribution is -2.02. The summed E-state index contributed by atoms with van der Waals surface area (Å²) < 4.78 is 2.41. The molecule has 0 unspecified atom stereocenters. The van der Waals surface area contributed by atoms with E-state index in [2.05, 4.69) is 26.3 Å². The van der Waals surface area contributed by atoms with E-state index in [1.807, 2.05) is 19.3 Å². The molecule has 0 bridgehead atoms. The molecular weight excluding hydrogens is 300 g/mol. The van der Waals surface area contributed by atoms with Gasteiger partial charge < -0.3 is 5.32 Å². The van der Waals surface area contributed by atoms with Crippen LogP contribution in [0.15, 0.2) is 34.9 Å². The highest BCUT2D eigenvalue weighted by Crippen LogP contribution is 2.23. The Kier molecular flexibility index (Phi) is 3.61. The number of nitrogens with zero attached hydrogens (tertiary/aromatic N) is 3. The lowest BCUT2D eigenvalue weighted by atomic mass is 10.2. The van der Waals surface area contributed by atoms with E-state index < -0.39 is 4.92 Å². The van der Waals surface area contributed by atoms with Gasteiger partial charge in [-0.05, 0) is 11.6 Å². The van der Waals surface area contributed by atoms with Gasteiger partial charge in [-0.25, -0.2) is 0 Å². The van der Waals surface area contributed by atoms with Crippen LogP contribution in [0.5, 0.6) is 0 Å². The Labute approximate surface area is 112 Å². The third kappa shape index (κ3) is 2.86. The lowest BCUT2D eigenvalue weighted by Gasteiger charge is -2.05. The van der Waals surface area contributed by atoms with Crippen LogP contribution in [-0.2, 0) is 13.6 Å². The van der Waals surface area contributed by atoms with Gasteiger partial charge in [-0.15, -0.1) is 0 Å². The number of aryl methyl sites for hydroxylation is 1. The van der Waals surface area contributed by atoms with Crippen molar-refractivity contribution in [3.8, 4) is 0 Å². The maximum Gasteiger partial charge on any atom is 0.270 e. The molecule has 0 saturated heterocycles. The fourth-order valence-electron chi connectivity index (χ4n) is 1.49. The Bertz CT molecular complexity index is 582. The van der Waals surface area contributed by atoms with Crippen LogP contribution in [0.3, 0.4) is 0 Å². The van der Waals surface area contributed by atoms with Gasteiger partial charge in [0.05, 0.1) is 4.92 Å². The van der Waals surface area contributed by atoms with E-state index in [0.29, 0.717) is 11.0 Å². The number of benzene rings is 1. The minimum absolute atomic E-state index is 0.0726. The van der Waals surface area contributed by atoms with Gasteiger partial charge >= 0.3 is 0 Å². The van der Waals surface area contributed by atoms with Crippen molar-refractivity contribution in [1.29, 1.82) is 0 Å². The zero-order chi connectivity index (χ0) is 13.1. The zero-order valence-electron chi connectivity index (χ0n) is 9.63. The number of anilines is 1. The maximum atomic E-state index is 10.6. The van der Waals surface area contributed by atoms with Crippen LogP contribution in [0, 0.1) is 10.1 Å². The molecule has 2 aromatic rings. The predicted molar refractivity (Wildman–Crippen MR) is 71.3 cm³/mol. The summed E-state index contributed by atoms with van der Waals surface area (Å²) in [6, 6.07) is 6.56. The number of nitro groups is 1. The van der Waals surface area contributed by atoms with Gasteiger partial charge in [0.1, 0.15) is 5.82 Å². The highest BCUT2D eigenvalue weighted by atomic mass is 79.9. The molecular formula is C11H11BrN4O2. The van der Waals surface area contributed by atoms with Gasteiger partial charge in [0.2, 0.25) is 0 Å². The van der Waals surface area contributed by atoms with Crippen molar-refractivity contribution in [2.45, 2.75) is 6.54 Å². The number of halogens is 1. The molecule has 0 saturated carbocycles. The largest absolute Gasteiger partial charge is 0.364 e. The molecule has 0 aliphatic heterocycles. The fraction of sp³-hybridized carbons (Fsp3) is 0.182. The SMILES string of the molecule is Cn1ccc(NCc2ccc([N+](=O)[O-])cc2Br)n1. The molecule has 1 N–H and O–H groups in total. The van der Waals surface area contributed by atoms with Gasteiger partial charge in [-0.1, -0.05) is 15.9 Å². The van der Waals surface area contributed by atoms with Crippen LogP contribution in [0.2, 0.25) is 0 Å². The molecule has 0 atom stereocenters. The van der Waals surface area contributed by atoms with E-state index in [0.717, 1.165) is 11.4 Å². The Morgan fingerprint density at radius 2 is 2.28 bits per heavy atom. The summed E-state index contributed by atoms with van der Waals surface area (Å²) in [4.78, 5) is 10.2. The number of non-ortho nitro benzene ring substituents is 1. The number of rotatable bonds is 4. The molecule has 0 aliphatic rings. The van der Waals surface area contributed by atoms with Crippen molar-refractivity contribution in [1.82, 2.24) is 9.78 Å². The van der Waals surface area contributed by atoms with Gasteiger partial charge in [0.25, 0.3) is 5.69 Å². The summed E-state index contributed by atoms with van der Waals surface area (Å²) in [5.74, 6) is 0.766. The molecule has 0 amide bonds. The summed E-state index contributed by atoms with van der Waals surface area (Å²) >= 11 is 3.32. The van der Waals surface area contributed by atoms with Crippen LogP contribution in [0.1, 0.15) is 5.56 Å². The summed E-state index contributed by atoms with van der Waals surface area (Å²) in [6.45, 7) is 0.551. The van der Waals surface area contributed by atoms with Crippen LogP contribution in [0.25, 0.3) is 0 Å². The van der Waals surface area contributed by atoms with Crippen molar-refractivity contribution in [3.63, 3.8) is 0 Å². The first-order chi connectivity index (χ1) is 8.56. The summed E-state index contributed by atoms with van der Waals surface area (Å²) in [5.41, 5.74) is 1.01. The normalized spacial score (nSPS) is 10.3. The van der Waals surface area contributed by atoms with Crippen molar-refractivity contribution in [2.75, 3.05) is 5.32 Å². The van der Waals surface area contributed by atoms with Gasteiger partial charge in [-0.2, -0.15) is 5.10 Å². The molecule has 1 aromatic heterocycles. The molecule has 18 heavy (non-hydrogen) atoms. The first-order valence-electron chi connectivity index (χ1n) is 5.22. The number of hydrogen-bond acceptors (Lipinski definition) is 4. The third-order valence-corrected chi connectivity index (χ3v) is 3.16. The summed E-state index contributed by atoms with van der Waals surface area (Å²) in [7, 11) is 1.84. The second-order valence-electron chi connectivity index (χ2n) is 3.76. The average molecular weight is 311 g/mol. The lowest BCUT2D eigenvalue weighted by molar-refractivity contribution is -0.384. The van der Waals surface area contributed by atoms with E-state index in [9.17, 15) is 10.1 Å². The molecule has 7 heteroatoms. The van der Waals surface area contributed by atoms with Crippen molar-refractivity contribution < 1.29 is 4.92 Å². The second-order valence-corrected chi connectivity index (χ2v) is 4.62. The maximum absolute atomic E-state index is 10.6. The Morgan fingerprint density at radius 1 is 1.50 bits per heavy atom. The second kappa shape index (κ2) is 5.18. The van der Waals surface area contributed by atoms with E-state index >= 15 is 0 Å². The topological polar surface area (TPSA) is 73.0 Å². The van der Waals surface area contributed by atoms with E-state index in [4.69, 9.17) is 0 Å². The monoisotopic (exact) mass is 310 g/mol. The minimum atomic E-state index is -0.416. The van der Waals surface area contributed by atoms with Crippen molar-refractivity contribution in [3.05, 3.63) is 50.6 Å². The molecule has 0 aliphatic carbocycles. The Morgan fingerprint density at radius 3 is 2.83 bits per heavy atom. The molecule has 2 rings (SSSR count). The number of aromatic nitrogens is 2. The molecule has 1 heterocycles. The van der Waals surface area contributed by atoms with Crippen LogP contribution < -0.4 is 5.32 Å². The summed E-state index contributed by atoms with van der Waals surface area (Å²) in [5, 5.41) is 17.9. The molecule has 0 radical (unpaired) electrons. The van der Waals surface area contributed by atoms with Crippen LogP contribution in [-0.4, -0.2) is 14.7 Å². The summed E-state index contributed by atoms with van der Waals surface area (Å²) in [6.07, 6.45) is 1.84. The molecule has 0 spiro atoms. The first kappa shape index (κ1) is 12.6. The minimum Gasteiger partial charge on any atom is -0.364 e. The quantitative estimate of drug-likeness (QED) is 0.696. The van der Waals surface area contributed by atoms with Gasteiger partial charge in [0.15, 0.2) is 0 Å². The number of nitro benzene ring substituents is 1. The van der Waals surface area contributed by atoms with Crippen LogP contribution >= 0.6 is 15.9 Å². The Balaban J connectivity index is 2.08. The molecule has 1 aromatic carbocycles. The van der Waals surface area contributed by atoms with Crippen molar-refractivity contribution in [2.24, 2.45) is 7.05 Å². The van der Waals surface area contributed by atoms with Gasteiger partial charge in [-0.3, -0.25) is 14.8 Å². The molecule has 94 valence electrons.